The van der Waals surface area contributed by atoms with E-state index in [0.717, 1.165) is 11.1 Å². The first-order valence-corrected chi connectivity index (χ1v) is 9.16. The van der Waals surface area contributed by atoms with Crippen LogP contribution in [0.1, 0.15) is 48.8 Å². The molecule has 1 amide bonds. The highest BCUT2D eigenvalue weighted by molar-refractivity contribution is 5.82. The number of amides is 1. The number of carbonyl (C=O) groups excluding carboxylic acids is 2. The number of anilines is 1. The van der Waals surface area contributed by atoms with Gasteiger partial charge in [0.1, 0.15) is 11.4 Å². The lowest BCUT2D eigenvalue weighted by Gasteiger charge is -2.29. The number of nitrogen functional groups attached to an aromatic ring is 1. The molecule has 1 aromatic heterocycles. The van der Waals surface area contributed by atoms with Crippen LogP contribution in [0.5, 0.6) is 0 Å². The van der Waals surface area contributed by atoms with E-state index in [1.165, 1.54) is 4.68 Å². The summed E-state index contributed by atoms with van der Waals surface area (Å²) in [6.45, 7) is 6.29. The van der Waals surface area contributed by atoms with Crippen LogP contribution in [0.4, 0.5) is 10.6 Å². The van der Waals surface area contributed by atoms with Crippen molar-refractivity contribution in [2.24, 2.45) is 0 Å². The Labute approximate surface area is 159 Å². The molecule has 2 aromatic rings. The number of aryl methyl sites for hydroxylation is 1. The molecule has 2 heterocycles. The molecule has 0 spiro atoms. The number of hydrogen-bond acceptors (Lipinski definition) is 5. The fourth-order valence-electron chi connectivity index (χ4n) is 3.09. The number of ether oxygens (including phenoxy) is 1. The van der Waals surface area contributed by atoms with Gasteiger partial charge in [0.25, 0.3) is 0 Å². The van der Waals surface area contributed by atoms with Gasteiger partial charge in [-0.3, -0.25) is 4.79 Å². The van der Waals surface area contributed by atoms with Crippen LogP contribution >= 0.6 is 0 Å². The second-order valence-corrected chi connectivity index (χ2v) is 7.75. The fourth-order valence-corrected chi connectivity index (χ4v) is 3.09. The minimum Gasteiger partial charge on any atom is -0.444 e. The molecule has 27 heavy (non-hydrogen) atoms. The van der Waals surface area contributed by atoms with Gasteiger partial charge in [0.15, 0.2) is 0 Å². The molecule has 0 radical (unpaired) electrons. The summed E-state index contributed by atoms with van der Waals surface area (Å²) >= 11 is 0. The van der Waals surface area contributed by atoms with Crippen LogP contribution in [0.15, 0.2) is 30.3 Å². The van der Waals surface area contributed by atoms with Gasteiger partial charge in [-0.25, -0.2) is 4.79 Å². The van der Waals surface area contributed by atoms with Crippen molar-refractivity contribution >= 4 is 17.8 Å². The van der Waals surface area contributed by atoms with Gasteiger partial charge in [0.05, 0.1) is 12.2 Å². The lowest BCUT2D eigenvalue weighted by molar-refractivity contribution is 0.0221. The zero-order valence-corrected chi connectivity index (χ0v) is 16.1. The third-order valence-corrected chi connectivity index (χ3v) is 4.44. The van der Waals surface area contributed by atoms with Crippen molar-refractivity contribution in [2.45, 2.75) is 52.2 Å². The third kappa shape index (κ3) is 4.48. The summed E-state index contributed by atoms with van der Waals surface area (Å²) in [6, 6.07) is 9.83. The zero-order chi connectivity index (χ0) is 19.6. The van der Waals surface area contributed by atoms with E-state index < -0.39 is 5.60 Å². The Balaban J connectivity index is 1.69. The van der Waals surface area contributed by atoms with Crippen LogP contribution in [-0.4, -0.2) is 38.8 Å². The van der Waals surface area contributed by atoms with E-state index in [-0.39, 0.29) is 12.0 Å². The lowest BCUT2D eigenvalue weighted by Crippen LogP contribution is -2.39. The zero-order valence-electron chi connectivity index (χ0n) is 16.1. The number of fused-ring (bicyclic) bond motifs is 1. The third-order valence-electron chi connectivity index (χ3n) is 4.44. The Morgan fingerprint density at radius 2 is 1.93 bits per heavy atom. The highest BCUT2D eigenvalue weighted by Gasteiger charge is 2.30. The van der Waals surface area contributed by atoms with Crippen molar-refractivity contribution in [3.05, 3.63) is 47.2 Å². The van der Waals surface area contributed by atoms with Gasteiger partial charge in [-0.15, -0.1) is 0 Å². The molecule has 0 aliphatic carbocycles. The van der Waals surface area contributed by atoms with Gasteiger partial charge >= 0.3 is 6.09 Å². The monoisotopic (exact) mass is 370 g/mol. The van der Waals surface area contributed by atoms with E-state index in [1.54, 1.807) is 4.90 Å². The van der Waals surface area contributed by atoms with Gasteiger partial charge in [-0.1, -0.05) is 30.3 Å². The van der Waals surface area contributed by atoms with Crippen LogP contribution in [0.25, 0.3) is 0 Å². The molecular formula is C20H26N4O3. The first-order chi connectivity index (χ1) is 12.7. The Kier molecular flexibility index (Phi) is 5.21. The van der Waals surface area contributed by atoms with Crippen molar-refractivity contribution < 1.29 is 14.3 Å². The molecule has 0 saturated heterocycles. The molecule has 0 fully saturated rings. The Bertz CT molecular complexity index is 837. The summed E-state index contributed by atoms with van der Waals surface area (Å²) in [7, 11) is 0. The number of rotatable bonds is 3. The first-order valence-electron chi connectivity index (χ1n) is 9.16. The van der Waals surface area contributed by atoms with E-state index in [9.17, 15) is 9.59 Å². The molecule has 7 nitrogen and oxygen atoms in total. The van der Waals surface area contributed by atoms with Crippen LogP contribution in [0.2, 0.25) is 0 Å². The quantitative estimate of drug-likeness (QED) is 0.897. The molecule has 144 valence electrons. The van der Waals surface area contributed by atoms with E-state index >= 15 is 0 Å². The van der Waals surface area contributed by atoms with Gasteiger partial charge < -0.3 is 15.4 Å². The van der Waals surface area contributed by atoms with Gasteiger partial charge in [-0.05, 0) is 39.2 Å². The number of nitrogens with zero attached hydrogens (tertiary/aromatic N) is 3. The number of carbonyl (C=O) groups is 2. The summed E-state index contributed by atoms with van der Waals surface area (Å²) in [6.07, 6.45) is 1.14. The first kappa shape index (κ1) is 18.9. The molecule has 1 aromatic carbocycles. The molecule has 3 rings (SSSR count). The number of aromatic nitrogens is 2. The van der Waals surface area contributed by atoms with Crippen molar-refractivity contribution in [1.82, 2.24) is 14.7 Å². The van der Waals surface area contributed by atoms with Crippen molar-refractivity contribution in [3.63, 3.8) is 0 Å². The van der Waals surface area contributed by atoms with Crippen molar-refractivity contribution in [1.29, 1.82) is 0 Å². The second kappa shape index (κ2) is 7.42. The minimum atomic E-state index is -0.552. The molecule has 0 saturated carbocycles. The van der Waals surface area contributed by atoms with Crippen molar-refractivity contribution in [3.8, 4) is 0 Å². The summed E-state index contributed by atoms with van der Waals surface area (Å²) in [5, 5.41) is 4.38. The maximum Gasteiger partial charge on any atom is 0.410 e. The van der Waals surface area contributed by atoms with Crippen molar-refractivity contribution in [2.75, 3.05) is 12.3 Å². The molecular weight excluding hydrogens is 344 g/mol. The summed E-state index contributed by atoms with van der Waals surface area (Å²) in [5.41, 5.74) is 8.22. The second-order valence-electron chi connectivity index (χ2n) is 7.75. The van der Waals surface area contributed by atoms with Crippen LogP contribution < -0.4 is 5.73 Å². The lowest BCUT2D eigenvalue weighted by atomic mass is 10.1. The van der Waals surface area contributed by atoms with Gasteiger partial charge in [-0.2, -0.15) is 9.78 Å². The van der Waals surface area contributed by atoms with Crippen LogP contribution in [0, 0.1) is 0 Å². The summed E-state index contributed by atoms with van der Waals surface area (Å²) in [4.78, 5) is 26.5. The van der Waals surface area contributed by atoms with E-state index in [0.29, 0.717) is 43.9 Å². The minimum absolute atomic E-state index is 0.144. The maximum absolute atomic E-state index is 12.6. The standard InChI is InChI=1S/C20H26N4O3/c1-20(2,3)27-19(26)23-12-11-15-16(13-23)22-24(18(15)21)17(25)10-9-14-7-5-4-6-8-14/h4-8H,9-13,21H2,1-3H3. The summed E-state index contributed by atoms with van der Waals surface area (Å²) in [5.74, 6) is 0.237. The average molecular weight is 370 g/mol. The van der Waals surface area contributed by atoms with Crippen LogP contribution in [0.3, 0.4) is 0 Å². The molecule has 7 heteroatoms. The smallest absolute Gasteiger partial charge is 0.410 e. The van der Waals surface area contributed by atoms with Gasteiger partial charge in [0, 0.05) is 18.5 Å². The molecule has 1 aliphatic heterocycles. The Morgan fingerprint density at radius 3 is 2.59 bits per heavy atom. The number of nitrogens with two attached hydrogens (primary N) is 1. The predicted molar refractivity (Wildman–Crippen MR) is 102 cm³/mol. The molecule has 1 aliphatic rings. The average Bonchev–Trinajstić information content (AvgIpc) is 2.95. The van der Waals surface area contributed by atoms with E-state index in [1.807, 2.05) is 51.1 Å². The Hall–Kier alpha value is -2.83. The van der Waals surface area contributed by atoms with Crippen LogP contribution in [-0.2, 0) is 24.1 Å². The molecule has 2 N–H and O–H groups in total. The normalized spacial score (nSPS) is 14.0. The predicted octanol–water partition coefficient (Wildman–Crippen LogP) is 3.03. The Morgan fingerprint density at radius 1 is 1.22 bits per heavy atom. The topological polar surface area (TPSA) is 90.5 Å². The summed E-state index contributed by atoms with van der Waals surface area (Å²) < 4.78 is 6.70. The van der Waals surface area contributed by atoms with Gasteiger partial charge in [0.2, 0.25) is 5.91 Å². The largest absolute Gasteiger partial charge is 0.444 e. The molecule has 0 atom stereocenters. The molecule has 0 unspecified atom stereocenters. The van der Waals surface area contributed by atoms with E-state index in [2.05, 4.69) is 5.10 Å². The fraction of sp³-hybridized carbons (Fsp3) is 0.450. The number of hydrogen-bond donors (Lipinski definition) is 1. The highest BCUT2D eigenvalue weighted by atomic mass is 16.6. The highest BCUT2D eigenvalue weighted by Crippen LogP contribution is 2.25. The maximum atomic E-state index is 12.6. The number of benzene rings is 1. The molecule has 0 bridgehead atoms. The van der Waals surface area contributed by atoms with E-state index in [4.69, 9.17) is 10.5 Å². The SMILES string of the molecule is CC(C)(C)OC(=O)N1CCc2c(nn(C(=O)CCc3ccccc3)c2N)C1.